The molecule has 174 valence electrons. The maximum atomic E-state index is 10.4. The van der Waals surface area contributed by atoms with E-state index in [1.807, 2.05) is 18.2 Å². The van der Waals surface area contributed by atoms with E-state index in [4.69, 9.17) is 4.74 Å². The van der Waals surface area contributed by atoms with E-state index in [9.17, 15) is 15.3 Å². The average molecular weight is 489 g/mol. The Morgan fingerprint density at radius 1 is 1.21 bits per heavy atom. The van der Waals surface area contributed by atoms with Gasteiger partial charge in [0.25, 0.3) is 0 Å². The van der Waals surface area contributed by atoms with Crippen LogP contribution in [0.15, 0.2) is 34.9 Å². The topological polar surface area (TPSA) is 138 Å². The van der Waals surface area contributed by atoms with Gasteiger partial charge in [-0.1, -0.05) is 23.9 Å². The standard InChI is InChI=1S/C21H24N6O4S2/c1-10(8-32-21-26-12-5-3-4-6-14(12)33-21)23-18-15-19(25-11(2)24-18)27(9-22-15)20-17(30)16(29)13(7-28)31-20/h3-6,9-10,13,16-17,20,28-30H,7-8H2,1-2H3,(H,23,24,25)/t10-,13-,16?,17?,20-/m1/s1. The summed E-state index contributed by atoms with van der Waals surface area (Å²) in [7, 11) is 0. The number of aromatic nitrogens is 5. The van der Waals surface area contributed by atoms with E-state index in [2.05, 4.69) is 38.2 Å². The fourth-order valence-electron chi connectivity index (χ4n) is 3.81. The third-order valence-corrected chi connectivity index (χ3v) is 7.88. The molecule has 4 N–H and O–H groups in total. The van der Waals surface area contributed by atoms with Crippen molar-refractivity contribution < 1.29 is 20.1 Å². The zero-order valence-electron chi connectivity index (χ0n) is 18.0. The molecule has 1 aliphatic heterocycles. The monoisotopic (exact) mass is 488 g/mol. The van der Waals surface area contributed by atoms with Gasteiger partial charge in [-0.25, -0.2) is 19.9 Å². The van der Waals surface area contributed by atoms with E-state index in [1.165, 1.54) is 11.0 Å². The molecular formula is C21H24N6O4S2. The van der Waals surface area contributed by atoms with Crippen molar-refractivity contribution in [3.8, 4) is 0 Å². The molecule has 1 fully saturated rings. The number of nitrogens with zero attached hydrogens (tertiary/aromatic N) is 5. The third kappa shape index (κ3) is 4.29. The summed E-state index contributed by atoms with van der Waals surface area (Å²) in [5, 5.41) is 33.3. The van der Waals surface area contributed by atoms with E-state index in [-0.39, 0.29) is 6.04 Å². The summed E-state index contributed by atoms with van der Waals surface area (Å²) in [4.78, 5) is 18.1. The van der Waals surface area contributed by atoms with E-state index in [1.54, 1.807) is 34.6 Å². The molecule has 1 aliphatic rings. The minimum atomic E-state index is -1.21. The van der Waals surface area contributed by atoms with Crippen molar-refractivity contribution >= 4 is 50.3 Å². The Bertz CT molecular complexity index is 1250. The molecular weight excluding hydrogens is 464 g/mol. The highest BCUT2D eigenvalue weighted by atomic mass is 32.2. The summed E-state index contributed by atoms with van der Waals surface area (Å²) in [5.74, 6) is 1.89. The summed E-state index contributed by atoms with van der Waals surface area (Å²) in [5.41, 5.74) is 2.02. The molecule has 0 amide bonds. The Balaban J connectivity index is 1.34. The van der Waals surface area contributed by atoms with Crippen molar-refractivity contribution in [2.75, 3.05) is 17.7 Å². The smallest absolute Gasteiger partial charge is 0.167 e. The summed E-state index contributed by atoms with van der Waals surface area (Å²) in [6, 6.07) is 8.16. The number of aliphatic hydroxyl groups is 3. The van der Waals surface area contributed by atoms with Crippen LogP contribution in [-0.2, 0) is 4.74 Å². The predicted octanol–water partition coefficient (Wildman–Crippen LogP) is 1.95. The molecule has 5 atom stereocenters. The van der Waals surface area contributed by atoms with Crippen molar-refractivity contribution in [1.29, 1.82) is 0 Å². The van der Waals surface area contributed by atoms with Crippen LogP contribution in [-0.4, -0.2) is 76.5 Å². The third-order valence-electron chi connectivity index (χ3n) is 5.44. The second-order valence-corrected chi connectivity index (χ2v) is 10.3. The van der Waals surface area contributed by atoms with Gasteiger partial charge in [-0.05, 0) is 26.0 Å². The molecule has 4 aromatic rings. The number of thiazole rings is 1. The Hall–Kier alpha value is -2.35. The zero-order chi connectivity index (χ0) is 23.1. The quantitative estimate of drug-likeness (QED) is 0.286. The number of para-hydroxylation sites is 1. The highest BCUT2D eigenvalue weighted by Crippen LogP contribution is 2.33. The minimum Gasteiger partial charge on any atom is -0.394 e. The highest BCUT2D eigenvalue weighted by molar-refractivity contribution is 8.01. The number of anilines is 1. The second kappa shape index (κ2) is 9.12. The maximum absolute atomic E-state index is 10.4. The minimum absolute atomic E-state index is 0.0681. The van der Waals surface area contributed by atoms with E-state index in [0.29, 0.717) is 22.8 Å². The van der Waals surface area contributed by atoms with Crippen molar-refractivity contribution in [2.45, 2.75) is 48.8 Å². The van der Waals surface area contributed by atoms with Gasteiger partial charge >= 0.3 is 0 Å². The number of ether oxygens (including phenoxy) is 1. The van der Waals surface area contributed by atoms with Crippen molar-refractivity contribution in [3.05, 3.63) is 36.4 Å². The number of aryl methyl sites for hydroxylation is 1. The fourth-order valence-corrected chi connectivity index (χ4v) is 5.85. The Kier molecular flexibility index (Phi) is 6.20. The van der Waals surface area contributed by atoms with Crippen LogP contribution >= 0.6 is 23.1 Å². The van der Waals surface area contributed by atoms with Gasteiger partial charge in [0, 0.05) is 11.8 Å². The number of aliphatic hydroxyl groups excluding tert-OH is 3. The van der Waals surface area contributed by atoms with Gasteiger partial charge in [0.15, 0.2) is 27.5 Å². The first kappa shape index (κ1) is 22.4. The average Bonchev–Trinajstić information content (AvgIpc) is 3.48. The van der Waals surface area contributed by atoms with Crippen molar-refractivity contribution in [2.24, 2.45) is 0 Å². The number of hydrogen-bond donors (Lipinski definition) is 4. The van der Waals surface area contributed by atoms with Gasteiger partial charge in [-0.2, -0.15) is 0 Å². The lowest BCUT2D eigenvalue weighted by atomic mass is 10.1. The summed E-state index contributed by atoms with van der Waals surface area (Å²) in [6.07, 6.45) is -2.68. The van der Waals surface area contributed by atoms with E-state index < -0.39 is 31.1 Å². The molecule has 0 saturated carbocycles. The van der Waals surface area contributed by atoms with Crippen molar-refractivity contribution in [3.63, 3.8) is 0 Å². The second-order valence-electron chi connectivity index (χ2n) is 7.98. The molecule has 2 unspecified atom stereocenters. The van der Waals surface area contributed by atoms with Crippen LogP contribution in [0.1, 0.15) is 19.0 Å². The SMILES string of the molecule is Cc1nc(N[C@H](C)CSc2nc3ccccc3s2)c2ncn([C@@H]3O[C@H](CO)C(O)C3O)c2n1. The first-order valence-corrected chi connectivity index (χ1v) is 12.3. The molecule has 12 heteroatoms. The van der Waals surface area contributed by atoms with Gasteiger partial charge in [0.05, 0.1) is 23.2 Å². The fraction of sp³-hybridized carbons (Fsp3) is 0.429. The first-order valence-electron chi connectivity index (χ1n) is 10.5. The number of rotatable bonds is 7. The number of thioether (sulfide) groups is 1. The van der Waals surface area contributed by atoms with E-state index in [0.717, 1.165) is 15.6 Å². The van der Waals surface area contributed by atoms with Gasteiger partial charge in [0.1, 0.15) is 24.1 Å². The lowest BCUT2D eigenvalue weighted by Gasteiger charge is -2.17. The van der Waals surface area contributed by atoms with Crippen LogP contribution in [0.5, 0.6) is 0 Å². The lowest BCUT2D eigenvalue weighted by Crippen LogP contribution is -2.33. The normalized spacial score (nSPS) is 24.0. The number of fused-ring (bicyclic) bond motifs is 2. The number of hydrogen-bond acceptors (Lipinski definition) is 11. The van der Waals surface area contributed by atoms with Crippen LogP contribution < -0.4 is 5.32 Å². The Labute approximate surface area is 197 Å². The van der Waals surface area contributed by atoms with Gasteiger partial charge in [0.2, 0.25) is 0 Å². The van der Waals surface area contributed by atoms with Gasteiger partial charge in [-0.3, -0.25) is 4.57 Å². The summed E-state index contributed by atoms with van der Waals surface area (Å²) in [6.45, 7) is 3.44. The Morgan fingerprint density at radius 3 is 2.79 bits per heavy atom. The molecule has 5 rings (SSSR count). The number of benzene rings is 1. The number of nitrogens with one attached hydrogen (secondary N) is 1. The molecule has 0 radical (unpaired) electrons. The van der Waals surface area contributed by atoms with Crippen LogP contribution in [0, 0.1) is 6.92 Å². The molecule has 10 nitrogen and oxygen atoms in total. The van der Waals surface area contributed by atoms with E-state index >= 15 is 0 Å². The summed E-state index contributed by atoms with van der Waals surface area (Å²) < 4.78 is 9.40. The van der Waals surface area contributed by atoms with Crippen molar-refractivity contribution in [1.82, 2.24) is 24.5 Å². The molecule has 1 saturated heterocycles. The molecule has 0 aliphatic carbocycles. The largest absolute Gasteiger partial charge is 0.394 e. The summed E-state index contributed by atoms with van der Waals surface area (Å²) >= 11 is 3.36. The maximum Gasteiger partial charge on any atom is 0.167 e. The molecule has 0 bridgehead atoms. The lowest BCUT2D eigenvalue weighted by molar-refractivity contribution is -0.0511. The Morgan fingerprint density at radius 2 is 2.03 bits per heavy atom. The van der Waals surface area contributed by atoms with Gasteiger partial charge in [-0.15, -0.1) is 11.3 Å². The highest BCUT2D eigenvalue weighted by Gasteiger charge is 2.44. The predicted molar refractivity (Wildman–Crippen MR) is 126 cm³/mol. The van der Waals surface area contributed by atoms with Crippen LogP contribution in [0.4, 0.5) is 5.82 Å². The van der Waals surface area contributed by atoms with Crippen LogP contribution in [0.2, 0.25) is 0 Å². The first-order chi connectivity index (χ1) is 15.9. The van der Waals surface area contributed by atoms with Gasteiger partial charge < -0.3 is 25.4 Å². The molecule has 33 heavy (non-hydrogen) atoms. The zero-order valence-corrected chi connectivity index (χ0v) is 19.6. The van der Waals surface area contributed by atoms with Crippen LogP contribution in [0.25, 0.3) is 21.4 Å². The number of imidazole rings is 1. The molecule has 3 aromatic heterocycles. The molecule has 0 spiro atoms. The molecule has 1 aromatic carbocycles. The van der Waals surface area contributed by atoms with Crippen LogP contribution in [0.3, 0.4) is 0 Å². The molecule has 4 heterocycles.